The maximum atomic E-state index is 10.9. The largest absolute Gasteiger partial charge is 0.481 e. The van der Waals surface area contributed by atoms with Gasteiger partial charge in [0.15, 0.2) is 0 Å². The van der Waals surface area contributed by atoms with E-state index < -0.39 is 5.97 Å². The standard InChI is InChI=1S/C13H17N3O2/c1-9-5-4-6-12-14-10(7-13(17)18)11(16(9)12)8-15(2)3/h4-6H,7-8H2,1-3H3,(H,17,18). The molecule has 0 spiro atoms. The second-order valence-electron chi connectivity index (χ2n) is 4.67. The van der Waals surface area contributed by atoms with Gasteiger partial charge in [-0.1, -0.05) is 6.07 Å². The number of hydrogen-bond donors (Lipinski definition) is 1. The summed E-state index contributed by atoms with van der Waals surface area (Å²) < 4.78 is 2.03. The van der Waals surface area contributed by atoms with E-state index in [1.165, 1.54) is 0 Å². The van der Waals surface area contributed by atoms with E-state index >= 15 is 0 Å². The normalized spacial score (nSPS) is 11.3. The van der Waals surface area contributed by atoms with Crippen LogP contribution in [0.4, 0.5) is 0 Å². The molecule has 0 unspecified atom stereocenters. The van der Waals surface area contributed by atoms with E-state index in [1.54, 1.807) is 0 Å². The molecule has 0 aliphatic rings. The number of aromatic nitrogens is 2. The zero-order valence-corrected chi connectivity index (χ0v) is 10.8. The van der Waals surface area contributed by atoms with E-state index in [2.05, 4.69) is 4.98 Å². The minimum absolute atomic E-state index is 0.0374. The average Bonchev–Trinajstić information content (AvgIpc) is 2.56. The first-order valence-electron chi connectivity index (χ1n) is 5.81. The van der Waals surface area contributed by atoms with Crippen molar-refractivity contribution < 1.29 is 9.90 Å². The Morgan fingerprint density at radius 1 is 1.44 bits per heavy atom. The molecule has 0 aliphatic heterocycles. The first-order valence-corrected chi connectivity index (χ1v) is 5.81. The predicted molar refractivity (Wildman–Crippen MR) is 68.7 cm³/mol. The van der Waals surface area contributed by atoms with E-state index in [0.717, 1.165) is 17.0 Å². The van der Waals surface area contributed by atoms with Gasteiger partial charge in [0.1, 0.15) is 5.65 Å². The van der Waals surface area contributed by atoms with Crippen molar-refractivity contribution in [3.8, 4) is 0 Å². The highest BCUT2D eigenvalue weighted by Crippen LogP contribution is 2.17. The monoisotopic (exact) mass is 247 g/mol. The number of carboxylic acid groups (broad SMARTS) is 1. The van der Waals surface area contributed by atoms with E-state index in [-0.39, 0.29) is 6.42 Å². The summed E-state index contributed by atoms with van der Waals surface area (Å²) in [7, 11) is 3.92. The summed E-state index contributed by atoms with van der Waals surface area (Å²) in [5.74, 6) is -0.851. The fraction of sp³-hybridized carbons (Fsp3) is 0.385. The van der Waals surface area contributed by atoms with Gasteiger partial charge in [-0.05, 0) is 33.2 Å². The fourth-order valence-electron chi connectivity index (χ4n) is 2.12. The third-order valence-electron chi connectivity index (χ3n) is 2.80. The highest BCUT2D eigenvalue weighted by molar-refractivity contribution is 5.70. The number of aryl methyl sites for hydroxylation is 1. The van der Waals surface area contributed by atoms with Crippen molar-refractivity contribution in [2.24, 2.45) is 0 Å². The number of aliphatic carboxylic acids is 1. The lowest BCUT2D eigenvalue weighted by Gasteiger charge is -2.12. The number of fused-ring (bicyclic) bond motifs is 1. The molecule has 0 atom stereocenters. The van der Waals surface area contributed by atoms with Gasteiger partial charge < -0.3 is 10.0 Å². The van der Waals surface area contributed by atoms with Crippen molar-refractivity contribution in [3.05, 3.63) is 35.3 Å². The summed E-state index contributed by atoms with van der Waals surface area (Å²) in [6.45, 7) is 2.67. The molecular formula is C13H17N3O2. The Labute approximate surface area is 106 Å². The van der Waals surface area contributed by atoms with Gasteiger partial charge in [-0.3, -0.25) is 9.20 Å². The van der Waals surface area contributed by atoms with E-state index in [4.69, 9.17) is 5.11 Å². The Balaban J connectivity index is 2.61. The third kappa shape index (κ3) is 2.36. The predicted octanol–water partition coefficient (Wildman–Crippen LogP) is 1.33. The lowest BCUT2D eigenvalue weighted by molar-refractivity contribution is -0.136. The molecule has 2 heterocycles. The molecule has 5 heteroatoms. The van der Waals surface area contributed by atoms with Crippen molar-refractivity contribution in [2.75, 3.05) is 14.1 Å². The summed E-state index contributed by atoms with van der Waals surface area (Å²) >= 11 is 0. The summed E-state index contributed by atoms with van der Waals surface area (Å²) in [4.78, 5) is 17.3. The summed E-state index contributed by atoms with van der Waals surface area (Å²) in [6.07, 6.45) is -0.0374. The van der Waals surface area contributed by atoms with Crippen LogP contribution in [0.2, 0.25) is 0 Å². The van der Waals surface area contributed by atoms with Crippen LogP contribution in [-0.2, 0) is 17.8 Å². The van der Waals surface area contributed by atoms with E-state index in [0.29, 0.717) is 12.2 Å². The van der Waals surface area contributed by atoms with Crippen LogP contribution >= 0.6 is 0 Å². The molecule has 0 amide bonds. The second-order valence-corrected chi connectivity index (χ2v) is 4.67. The number of pyridine rings is 1. The molecule has 2 aromatic rings. The maximum Gasteiger partial charge on any atom is 0.309 e. The highest BCUT2D eigenvalue weighted by atomic mass is 16.4. The van der Waals surface area contributed by atoms with Crippen LogP contribution < -0.4 is 0 Å². The number of carboxylic acids is 1. The van der Waals surface area contributed by atoms with Crippen LogP contribution in [-0.4, -0.2) is 39.5 Å². The SMILES string of the molecule is Cc1cccc2nc(CC(=O)O)c(CN(C)C)n12. The van der Waals surface area contributed by atoms with Gasteiger partial charge in [-0.15, -0.1) is 0 Å². The van der Waals surface area contributed by atoms with Crippen molar-refractivity contribution in [1.29, 1.82) is 0 Å². The van der Waals surface area contributed by atoms with Gasteiger partial charge in [-0.2, -0.15) is 0 Å². The Bertz CT molecular complexity index is 587. The van der Waals surface area contributed by atoms with Crippen molar-refractivity contribution in [1.82, 2.24) is 14.3 Å². The first kappa shape index (κ1) is 12.6. The number of hydrogen-bond acceptors (Lipinski definition) is 3. The minimum atomic E-state index is -0.851. The molecule has 0 saturated heterocycles. The molecule has 96 valence electrons. The number of carbonyl (C=O) groups is 1. The molecule has 0 bridgehead atoms. The molecule has 0 radical (unpaired) electrons. The molecule has 1 N–H and O–H groups in total. The molecule has 2 rings (SSSR count). The van der Waals surface area contributed by atoms with Crippen LogP contribution in [0.5, 0.6) is 0 Å². The van der Waals surface area contributed by atoms with Crippen LogP contribution in [0.3, 0.4) is 0 Å². The van der Waals surface area contributed by atoms with Gasteiger partial charge >= 0.3 is 5.97 Å². The molecule has 0 aromatic carbocycles. The Kier molecular flexibility index (Phi) is 3.34. The molecule has 0 aliphatic carbocycles. The molecule has 0 fully saturated rings. The van der Waals surface area contributed by atoms with E-state index in [1.807, 2.05) is 48.5 Å². The minimum Gasteiger partial charge on any atom is -0.481 e. The van der Waals surface area contributed by atoms with Gasteiger partial charge in [0.25, 0.3) is 0 Å². The lowest BCUT2D eigenvalue weighted by Crippen LogP contribution is -2.15. The molecular weight excluding hydrogens is 230 g/mol. The molecule has 2 aromatic heterocycles. The van der Waals surface area contributed by atoms with Crippen LogP contribution in [0.15, 0.2) is 18.2 Å². The molecule has 0 saturated carbocycles. The topological polar surface area (TPSA) is 57.8 Å². The summed E-state index contributed by atoms with van der Waals surface area (Å²) in [5, 5.41) is 8.96. The quantitative estimate of drug-likeness (QED) is 0.885. The number of nitrogens with zero attached hydrogens (tertiary/aromatic N) is 3. The maximum absolute atomic E-state index is 10.9. The van der Waals surface area contributed by atoms with Crippen molar-refractivity contribution >= 4 is 11.6 Å². The summed E-state index contributed by atoms with van der Waals surface area (Å²) in [6, 6.07) is 5.83. The van der Waals surface area contributed by atoms with Gasteiger partial charge in [0, 0.05) is 12.2 Å². The zero-order chi connectivity index (χ0) is 13.3. The highest BCUT2D eigenvalue weighted by Gasteiger charge is 2.16. The average molecular weight is 247 g/mol. The Morgan fingerprint density at radius 3 is 2.78 bits per heavy atom. The fourth-order valence-corrected chi connectivity index (χ4v) is 2.12. The third-order valence-corrected chi connectivity index (χ3v) is 2.80. The van der Waals surface area contributed by atoms with Gasteiger partial charge in [-0.25, -0.2) is 4.98 Å². The summed E-state index contributed by atoms with van der Waals surface area (Å²) in [5.41, 5.74) is 3.47. The number of imidazole rings is 1. The van der Waals surface area contributed by atoms with Gasteiger partial charge in [0.2, 0.25) is 0 Å². The van der Waals surface area contributed by atoms with Crippen LogP contribution in [0.1, 0.15) is 17.1 Å². The number of rotatable bonds is 4. The van der Waals surface area contributed by atoms with Crippen LogP contribution in [0.25, 0.3) is 5.65 Å². The van der Waals surface area contributed by atoms with E-state index in [9.17, 15) is 4.79 Å². The Hall–Kier alpha value is -1.88. The smallest absolute Gasteiger partial charge is 0.309 e. The lowest BCUT2D eigenvalue weighted by atomic mass is 10.2. The molecule has 5 nitrogen and oxygen atoms in total. The van der Waals surface area contributed by atoms with Crippen LogP contribution in [0, 0.1) is 6.92 Å². The Morgan fingerprint density at radius 2 is 2.17 bits per heavy atom. The van der Waals surface area contributed by atoms with Crippen molar-refractivity contribution in [2.45, 2.75) is 19.9 Å². The zero-order valence-electron chi connectivity index (χ0n) is 10.8. The second kappa shape index (κ2) is 4.78. The molecule has 18 heavy (non-hydrogen) atoms. The van der Waals surface area contributed by atoms with Gasteiger partial charge in [0.05, 0.1) is 17.8 Å². The van der Waals surface area contributed by atoms with Crippen molar-refractivity contribution in [3.63, 3.8) is 0 Å². The first-order chi connectivity index (χ1) is 8.49.